The molecule has 2 nitrogen and oxygen atoms in total. The molecule has 0 aromatic heterocycles. The van der Waals surface area contributed by atoms with Gasteiger partial charge in [0.2, 0.25) is 0 Å². The molecule has 18 heavy (non-hydrogen) atoms. The van der Waals surface area contributed by atoms with Crippen molar-refractivity contribution in [2.24, 2.45) is 11.8 Å². The number of nitrogens with one attached hydrogen (secondary N) is 1. The molecule has 2 aliphatic carbocycles. The van der Waals surface area contributed by atoms with Crippen LogP contribution in [0.5, 0.6) is 0 Å². The van der Waals surface area contributed by atoms with Crippen LogP contribution in [0.1, 0.15) is 71.1 Å². The Balaban J connectivity index is 1.66. The third-order valence-electron chi connectivity index (χ3n) is 5.12. The molecule has 2 N–H and O–H groups in total. The number of rotatable bonds is 4. The molecule has 0 heterocycles. The topological polar surface area (TPSA) is 32.3 Å². The molecule has 0 bridgehead atoms. The Kier molecular flexibility index (Phi) is 5.97. The van der Waals surface area contributed by atoms with Crippen LogP contribution in [0.2, 0.25) is 0 Å². The molecule has 0 aromatic rings. The largest absolute Gasteiger partial charge is 0.393 e. The summed E-state index contributed by atoms with van der Waals surface area (Å²) in [5.74, 6) is 1.70. The van der Waals surface area contributed by atoms with E-state index in [4.69, 9.17) is 0 Å². The quantitative estimate of drug-likeness (QED) is 0.752. The van der Waals surface area contributed by atoms with Crippen molar-refractivity contribution >= 4 is 0 Å². The zero-order valence-corrected chi connectivity index (χ0v) is 12.0. The molecule has 0 spiro atoms. The van der Waals surface area contributed by atoms with Crippen molar-refractivity contribution in [2.75, 3.05) is 6.54 Å². The molecule has 2 saturated carbocycles. The van der Waals surface area contributed by atoms with Crippen molar-refractivity contribution in [3.05, 3.63) is 0 Å². The summed E-state index contributed by atoms with van der Waals surface area (Å²) >= 11 is 0. The van der Waals surface area contributed by atoms with Gasteiger partial charge in [-0.2, -0.15) is 0 Å². The Morgan fingerprint density at radius 3 is 2.50 bits per heavy atom. The Bertz CT molecular complexity index is 231. The lowest BCUT2D eigenvalue weighted by molar-refractivity contribution is 0.0993. The van der Waals surface area contributed by atoms with Crippen molar-refractivity contribution in [3.8, 4) is 0 Å². The Labute approximate surface area is 113 Å². The molecule has 2 heteroatoms. The number of aliphatic hydroxyl groups is 1. The highest BCUT2D eigenvalue weighted by atomic mass is 16.3. The molecule has 2 aliphatic rings. The summed E-state index contributed by atoms with van der Waals surface area (Å²) in [6, 6.07) is 0.751. The van der Waals surface area contributed by atoms with E-state index in [9.17, 15) is 5.11 Å². The first-order valence-electron chi connectivity index (χ1n) is 8.19. The van der Waals surface area contributed by atoms with Crippen molar-refractivity contribution in [1.29, 1.82) is 0 Å². The first-order chi connectivity index (χ1) is 8.78. The van der Waals surface area contributed by atoms with E-state index in [1.54, 1.807) is 0 Å². The number of hydrogen-bond donors (Lipinski definition) is 2. The standard InChI is InChI=1S/C16H31NO/c1-2-13-5-3-7-15(10-9-13)17-12-14-6-4-8-16(18)11-14/h13-18H,2-12H2,1H3. The number of aliphatic hydroxyl groups excluding tert-OH is 1. The molecule has 0 saturated heterocycles. The zero-order valence-electron chi connectivity index (χ0n) is 12.0. The van der Waals surface area contributed by atoms with E-state index in [-0.39, 0.29) is 6.10 Å². The highest BCUT2D eigenvalue weighted by Crippen LogP contribution is 2.27. The summed E-state index contributed by atoms with van der Waals surface area (Å²) in [6.45, 7) is 3.47. The SMILES string of the molecule is CCC1CCCC(NCC2CCCC(O)C2)CC1. The summed E-state index contributed by atoms with van der Waals surface area (Å²) in [7, 11) is 0. The van der Waals surface area contributed by atoms with Gasteiger partial charge in [0.25, 0.3) is 0 Å². The monoisotopic (exact) mass is 253 g/mol. The third kappa shape index (κ3) is 4.55. The van der Waals surface area contributed by atoms with E-state index in [1.807, 2.05) is 0 Å². The predicted molar refractivity (Wildman–Crippen MR) is 76.6 cm³/mol. The van der Waals surface area contributed by atoms with Gasteiger partial charge >= 0.3 is 0 Å². The maximum absolute atomic E-state index is 9.70. The average Bonchev–Trinajstić information content (AvgIpc) is 2.61. The van der Waals surface area contributed by atoms with Gasteiger partial charge in [-0.05, 0) is 56.9 Å². The molecule has 0 amide bonds. The van der Waals surface area contributed by atoms with Gasteiger partial charge in [-0.15, -0.1) is 0 Å². The fraction of sp³-hybridized carbons (Fsp3) is 1.00. The summed E-state index contributed by atoms with van der Waals surface area (Å²) in [5, 5.41) is 13.5. The van der Waals surface area contributed by atoms with E-state index >= 15 is 0 Å². The van der Waals surface area contributed by atoms with Gasteiger partial charge in [0, 0.05) is 6.04 Å². The van der Waals surface area contributed by atoms with Crippen LogP contribution in [0.25, 0.3) is 0 Å². The normalized spacial score (nSPS) is 38.3. The third-order valence-corrected chi connectivity index (χ3v) is 5.12. The summed E-state index contributed by atoms with van der Waals surface area (Å²) < 4.78 is 0. The Morgan fingerprint density at radius 2 is 1.72 bits per heavy atom. The fourth-order valence-electron chi connectivity index (χ4n) is 3.77. The Hall–Kier alpha value is -0.0800. The molecule has 0 radical (unpaired) electrons. The highest BCUT2D eigenvalue weighted by molar-refractivity contribution is 4.78. The van der Waals surface area contributed by atoms with Gasteiger partial charge in [-0.1, -0.05) is 32.6 Å². The van der Waals surface area contributed by atoms with Crippen LogP contribution in [0.4, 0.5) is 0 Å². The van der Waals surface area contributed by atoms with Crippen molar-refractivity contribution in [3.63, 3.8) is 0 Å². The van der Waals surface area contributed by atoms with Crippen molar-refractivity contribution in [2.45, 2.75) is 83.3 Å². The van der Waals surface area contributed by atoms with E-state index < -0.39 is 0 Å². The van der Waals surface area contributed by atoms with Gasteiger partial charge < -0.3 is 10.4 Å². The molecule has 2 rings (SSSR count). The van der Waals surface area contributed by atoms with Crippen LogP contribution >= 0.6 is 0 Å². The molecule has 0 aliphatic heterocycles. The van der Waals surface area contributed by atoms with Crippen LogP contribution < -0.4 is 5.32 Å². The second-order valence-corrected chi connectivity index (χ2v) is 6.57. The summed E-state index contributed by atoms with van der Waals surface area (Å²) in [6.07, 6.45) is 12.9. The molecule has 2 fully saturated rings. The highest BCUT2D eigenvalue weighted by Gasteiger charge is 2.22. The molecule has 4 unspecified atom stereocenters. The molecular weight excluding hydrogens is 222 g/mol. The fourth-order valence-corrected chi connectivity index (χ4v) is 3.77. The maximum atomic E-state index is 9.70. The predicted octanol–water partition coefficient (Wildman–Crippen LogP) is 3.49. The van der Waals surface area contributed by atoms with Crippen LogP contribution in [-0.2, 0) is 0 Å². The van der Waals surface area contributed by atoms with Gasteiger partial charge in [0.1, 0.15) is 0 Å². The minimum Gasteiger partial charge on any atom is -0.393 e. The summed E-state index contributed by atoms with van der Waals surface area (Å²) in [5.41, 5.74) is 0. The minimum absolute atomic E-state index is 0.0239. The first-order valence-corrected chi connectivity index (χ1v) is 8.19. The van der Waals surface area contributed by atoms with E-state index in [2.05, 4.69) is 12.2 Å². The molecule has 106 valence electrons. The zero-order chi connectivity index (χ0) is 12.8. The summed E-state index contributed by atoms with van der Waals surface area (Å²) in [4.78, 5) is 0. The average molecular weight is 253 g/mol. The van der Waals surface area contributed by atoms with Crippen LogP contribution in [-0.4, -0.2) is 23.8 Å². The maximum Gasteiger partial charge on any atom is 0.0543 e. The number of hydrogen-bond acceptors (Lipinski definition) is 2. The minimum atomic E-state index is -0.0239. The van der Waals surface area contributed by atoms with Gasteiger partial charge in [0.15, 0.2) is 0 Å². The molecular formula is C16H31NO. The lowest BCUT2D eigenvalue weighted by Gasteiger charge is -2.28. The smallest absolute Gasteiger partial charge is 0.0543 e. The van der Waals surface area contributed by atoms with Gasteiger partial charge in [-0.3, -0.25) is 0 Å². The van der Waals surface area contributed by atoms with Crippen LogP contribution in [0.3, 0.4) is 0 Å². The van der Waals surface area contributed by atoms with Crippen LogP contribution in [0, 0.1) is 11.8 Å². The first kappa shape index (κ1) is 14.3. The lowest BCUT2D eigenvalue weighted by Crippen LogP contribution is -2.35. The van der Waals surface area contributed by atoms with Crippen LogP contribution in [0.15, 0.2) is 0 Å². The van der Waals surface area contributed by atoms with Gasteiger partial charge in [-0.25, -0.2) is 0 Å². The van der Waals surface area contributed by atoms with Gasteiger partial charge in [0.05, 0.1) is 6.10 Å². The lowest BCUT2D eigenvalue weighted by atomic mass is 9.87. The van der Waals surface area contributed by atoms with E-state index in [1.165, 1.54) is 51.4 Å². The molecule has 4 atom stereocenters. The van der Waals surface area contributed by atoms with Crippen molar-refractivity contribution in [1.82, 2.24) is 5.32 Å². The van der Waals surface area contributed by atoms with E-state index in [0.29, 0.717) is 0 Å². The van der Waals surface area contributed by atoms with E-state index in [0.717, 1.165) is 37.3 Å². The second kappa shape index (κ2) is 7.49. The second-order valence-electron chi connectivity index (χ2n) is 6.57. The Morgan fingerprint density at radius 1 is 0.944 bits per heavy atom. The van der Waals surface area contributed by atoms with Crippen molar-refractivity contribution < 1.29 is 5.11 Å². The molecule has 0 aromatic carbocycles.